The second kappa shape index (κ2) is 27.7. The molecule has 0 unspecified atom stereocenters. The van der Waals surface area contributed by atoms with Crippen LogP contribution in [-0.2, 0) is 47.8 Å². The summed E-state index contributed by atoms with van der Waals surface area (Å²) < 4.78 is 11.5. The summed E-state index contributed by atoms with van der Waals surface area (Å²) in [4.78, 5) is 112. The molecule has 2 saturated heterocycles. The Morgan fingerprint density at radius 2 is 1.56 bits per heavy atom. The van der Waals surface area contributed by atoms with Crippen LogP contribution >= 0.6 is 0 Å². The van der Waals surface area contributed by atoms with Crippen LogP contribution in [0.2, 0.25) is 0 Å². The van der Waals surface area contributed by atoms with Gasteiger partial charge in [-0.15, -0.1) is 6.58 Å². The van der Waals surface area contributed by atoms with Crippen LogP contribution in [0, 0.1) is 23.7 Å². The Balaban J connectivity index is 0.000000253. The van der Waals surface area contributed by atoms with E-state index in [0.717, 1.165) is 38.4 Å². The predicted molar refractivity (Wildman–Crippen MR) is 298 cm³/mol. The SMILES string of the molecule is C=CCC(=O)C[C@H](C(=O)N[C@@H](C)C(=O)N1CCC[C@@H](C(=O)O[C@H](C)c2ccc3cnc(C=C)cc3c2)N1)C(C)C.CC(C)[C@@H]1CC(=O)C/C=C/c2cc3cc(ccc3cn2)[C@@H](C)OC(=O)[C@@H]2CCCN(N2)C(=O)[C@H](C)NC1=O. The molecule has 2 aromatic carbocycles. The highest BCUT2D eigenvalue weighted by atomic mass is 16.5. The summed E-state index contributed by atoms with van der Waals surface area (Å²) in [5.41, 5.74) is 9.12. The first-order valence-electron chi connectivity index (χ1n) is 27.1. The standard InChI is InChI=1S/C31H40N4O5.C29H36N4O5/c1-7-10-26(36)17-27(19(3)4)29(37)33-20(5)30(38)35-14-9-11-28(34-35)31(39)40-21(6)22-12-13-23-18-32-25(8-2)16-24(23)15-22;1-17(2)25-15-24(34)8-5-7-23-14-22-13-20(10-11-21(22)16-30-23)19(4)38-29(37)26-9-6-12-33(32-26)28(36)18(3)31-27(25)35/h7-8,12-13,15-16,18-21,27-28,34H,1-2,9-11,14,17H2,3-6H3,(H,33,37);5,7,10-11,13-14,16-19,25-26,32H,6,8-9,12,15H2,1-4H3,(H,31,35)/b;7-5+/t20-,21+,27-,28-;18-,19+,25-,26-/m00/s1. The van der Waals surface area contributed by atoms with E-state index in [9.17, 15) is 38.4 Å². The topological polar surface area (TPSA) is 235 Å². The van der Waals surface area contributed by atoms with E-state index < -0.39 is 60.1 Å². The van der Waals surface area contributed by atoms with Crippen molar-refractivity contribution < 1.29 is 47.8 Å². The van der Waals surface area contributed by atoms with Gasteiger partial charge in [0, 0.05) is 73.8 Å². The molecule has 0 radical (unpaired) electrons. The number of esters is 2. The lowest BCUT2D eigenvalue weighted by molar-refractivity contribution is -0.158. The molecule has 4 N–H and O–H groups in total. The highest BCUT2D eigenvalue weighted by Crippen LogP contribution is 2.27. The van der Waals surface area contributed by atoms with Crippen molar-refractivity contribution in [1.82, 2.24) is 41.5 Å². The summed E-state index contributed by atoms with van der Waals surface area (Å²) in [5, 5.41) is 12.1. The first-order chi connectivity index (χ1) is 37.1. The van der Waals surface area contributed by atoms with Crippen molar-refractivity contribution in [3.05, 3.63) is 109 Å². The number of pyridine rings is 2. The molecule has 8 atom stereocenters. The van der Waals surface area contributed by atoms with Gasteiger partial charge in [0.15, 0.2) is 0 Å². The van der Waals surface area contributed by atoms with Crippen molar-refractivity contribution >= 4 is 80.8 Å². The largest absolute Gasteiger partial charge is 0.457 e. The third-order valence-corrected chi connectivity index (χ3v) is 14.4. The van der Waals surface area contributed by atoms with E-state index in [4.69, 9.17) is 9.47 Å². The number of nitrogens with one attached hydrogen (secondary N) is 4. The number of allylic oxidation sites excluding steroid dienone is 2. The Labute approximate surface area is 457 Å². The maximum Gasteiger partial charge on any atom is 0.325 e. The van der Waals surface area contributed by atoms with E-state index in [-0.39, 0.29) is 72.7 Å². The highest BCUT2D eigenvalue weighted by molar-refractivity contribution is 5.93. The number of Topliss-reactive ketones (excluding diaryl/α,β-unsaturated/α-hetero) is 2. The number of hydrogen-bond donors (Lipinski definition) is 4. The average molecular weight is 1070 g/mol. The minimum Gasteiger partial charge on any atom is -0.457 e. The summed E-state index contributed by atoms with van der Waals surface area (Å²) in [7, 11) is 0. The van der Waals surface area contributed by atoms with Crippen molar-refractivity contribution in [2.75, 3.05) is 13.1 Å². The molecule has 2 fully saturated rings. The van der Waals surface area contributed by atoms with Crippen molar-refractivity contribution in [3.8, 4) is 0 Å². The minimum atomic E-state index is -0.836. The van der Waals surface area contributed by atoms with Gasteiger partial charge in [0.05, 0.1) is 11.4 Å². The van der Waals surface area contributed by atoms with Crippen LogP contribution in [0.1, 0.15) is 141 Å². The fourth-order valence-corrected chi connectivity index (χ4v) is 9.56. The molecule has 78 heavy (non-hydrogen) atoms. The number of hydrazine groups is 2. The normalized spacial score (nSPS) is 22.1. The molecule has 2 aromatic heterocycles. The van der Waals surface area contributed by atoms with E-state index in [2.05, 4.69) is 44.6 Å². The number of cyclic esters (lactones) is 1. The lowest BCUT2D eigenvalue weighted by Gasteiger charge is -2.35. The molecule has 5 heterocycles. The minimum absolute atomic E-state index is 0.0620. The van der Waals surface area contributed by atoms with Gasteiger partial charge in [-0.2, -0.15) is 0 Å². The maximum atomic E-state index is 13.1. The van der Waals surface area contributed by atoms with Gasteiger partial charge in [-0.05, 0) is 124 Å². The number of benzene rings is 2. The zero-order valence-electron chi connectivity index (χ0n) is 46.2. The predicted octanol–water partition coefficient (Wildman–Crippen LogP) is 7.78. The molecule has 4 aromatic rings. The highest BCUT2D eigenvalue weighted by Gasteiger charge is 2.36. The van der Waals surface area contributed by atoms with Gasteiger partial charge in [-0.3, -0.25) is 58.3 Å². The number of ketones is 2. The van der Waals surface area contributed by atoms with Gasteiger partial charge in [-0.25, -0.2) is 10.9 Å². The third kappa shape index (κ3) is 16.1. The lowest BCUT2D eigenvalue weighted by Crippen LogP contribution is -2.59. The van der Waals surface area contributed by atoms with E-state index in [1.807, 2.05) is 90.1 Å². The van der Waals surface area contributed by atoms with Crippen LogP contribution < -0.4 is 21.5 Å². The lowest BCUT2D eigenvalue weighted by atomic mass is 9.89. The van der Waals surface area contributed by atoms with E-state index in [1.54, 1.807) is 44.5 Å². The number of carbonyl (C=O) groups excluding carboxylic acids is 8. The Bertz CT molecular complexity index is 2920. The Hall–Kier alpha value is -7.44. The van der Waals surface area contributed by atoms with Gasteiger partial charge >= 0.3 is 11.9 Å². The maximum absolute atomic E-state index is 13.1. The molecule has 18 heteroatoms. The number of carbonyl (C=O) groups is 8. The molecular formula is C60H76N8O10. The molecule has 18 nitrogen and oxygen atoms in total. The fourth-order valence-electron chi connectivity index (χ4n) is 9.56. The molecular weight excluding hydrogens is 993 g/mol. The molecule has 0 spiro atoms. The number of amides is 4. The smallest absolute Gasteiger partial charge is 0.325 e. The van der Waals surface area contributed by atoms with E-state index in [0.29, 0.717) is 44.5 Å². The number of aromatic nitrogens is 2. The molecule has 7 rings (SSSR count). The molecule has 0 saturated carbocycles. The third-order valence-electron chi connectivity index (χ3n) is 14.4. The van der Waals surface area contributed by atoms with Gasteiger partial charge in [-0.1, -0.05) is 70.7 Å². The Morgan fingerprint density at radius 1 is 0.859 bits per heavy atom. The van der Waals surface area contributed by atoms with Gasteiger partial charge in [0.2, 0.25) is 11.8 Å². The monoisotopic (exact) mass is 1070 g/mol. The fraction of sp³-hybridized carbons (Fsp3) is 0.467. The summed E-state index contributed by atoms with van der Waals surface area (Å²) in [6.07, 6.45) is 12.1. The van der Waals surface area contributed by atoms with Crippen LogP contribution in [0.15, 0.2) is 86.2 Å². The number of nitrogens with zero attached hydrogens (tertiary/aromatic N) is 4. The van der Waals surface area contributed by atoms with Crippen LogP contribution in [0.4, 0.5) is 0 Å². The summed E-state index contributed by atoms with van der Waals surface area (Å²) in [5.74, 6) is -3.68. The second-order valence-corrected chi connectivity index (χ2v) is 21.2. The number of hydrogen-bond acceptors (Lipinski definition) is 14. The van der Waals surface area contributed by atoms with Crippen LogP contribution in [-0.4, -0.2) is 104 Å². The summed E-state index contributed by atoms with van der Waals surface area (Å²) in [6, 6.07) is 12.4. The average Bonchev–Trinajstić information content (AvgIpc) is 3.46. The quantitative estimate of drug-likeness (QED) is 0.0740. The number of fused-ring (bicyclic) bond motifs is 5. The zero-order valence-corrected chi connectivity index (χ0v) is 46.2. The molecule has 3 aliphatic heterocycles. The van der Waals surface area contributed by atoms with Crippen LogP contribution in [0.3, 0.4) is 0 Å². The van der Waals surface area contributed by atoms with Gasteiger partial charge in [0.25, 0.3) is 11.8 Å². The molecule has 5 bridgehead atoms. The molecule has 416 valence electrons. The molecule has 0 aliphatic carbocycles. The summed E-state index contributed by atoms with van der Waals surface area (Å²) in [6.45, 7) is 22.5. The van der Waals surface area contributed by atoms with Crippen molar-refractivity contribution in [2.24, 2.45) is 23.7 Å². The van der Waals surface area contributed by atoms with Gasteiger partial charge in [0.1, 0.15) is 47.9 Å². The summed E-state index contributed by atoms with van der Waals surface area (Å²) >= 11 is 0. The first kappa shape index (κ1) is 59.8. The Kier molecular flexibility index (Phi) is 21.3. The Morgan fingerprint density at radius 3 is 2.27 bits per heavy atom. The van der Waals surface area contributed by atoms with E-state index in [1.165, 1.54) is 16.1 Å². The molecule has 3 aliphatic rings. The van der Waals surface area contributed by atoms with Crippen LogP contribution in [0.25, 0.3) is 33.7 Å². The first-order valence-corrected chi connectivity index (χ1v) is 27.1. The van der Waals surface area contributed by atoms with Crippen LogP contribution in [0.5, 0.6) is 0 Å². The number of rotatable bonds is 13. The zero-order chi connectivity index (χ0) is 56.8. The van der Waals surface area contributed by atoms with Crippen molar-refractivity contribution in [1.29, 1.82) is 0 Å². The second-order valence-electron chi connectivity index (χ2n) is 21.2. The van der Waals surface area contributed by atoms with Gasteiger partial charge < -0.3 is 20.1 Å². The number of ether oxygens (including phenoxy) is 2. The van der Waals surface area contributed by atoms with Crippen molar-refractivity contribution in [2.45, 2.75) is 143 Å². The van der Waals surface area contributed by atoms with Crippen molar-refractivity contribution in [3.63, 3.8) is 0 Å². The van der Waals surface area contributed by atoms with E-state index >= 15 is 0 Å². The molecule has 4 amide bonds.